The minimum Gasteiger partial charge on any atom is -0.387 e. The van der Waals surface area contributed by atoms with Crippen molar-refractivity contribution in [3.05, 3.63) is 35.4 Å². The number of halogens is 3. The van der Waals surface area contributed by atoms with Gasteiger partial charge >= 0.3 is 6.18 Å². The van der Waals surface area contributed by atoms with Gasteiger partial charge in [0.1, 0.15) is 0 Å². The molecular formula is C16H22F3NO. The number of aliphatic hydroxyl groups excluding tert-OH is 1. The third kappa shape index (κ3) is 4.45. The molecule has 0 radical (unpaired) electrons. The smallest absolute Gasteiger partial charge is 0.387 e. The molecule has 1 fully saturated rings. The van der Waals surface area contributed by atoms with Crippen LogP contribution in [0.1, 0.15) is 43.4 Å². The first-order valence-electron chi connectivity index (χ1n) is 7.47. The highest BCUT2D eigenvalue weighted by atomic mass is 19.4. The summed E-state index contributed by atoms with van der Waals surface area (Å²) in [7, 11) is 0. The highest BCUT2D eigenvalue weighted by Gasteiger charge is 2.31. The maximum Gasteiger partial charge on any atom is 0.416 e. The molecule has 1 N–H and O–H groups in total. The number of alkyl halides is 3. The molecule has 2 nitrogen and oxygen atoms in total. The molecule has 21 heavy (non-hydrogen) atoms. The molecule has 1 aromatic rings. The Bertz CT molecular complexity index is 453. The van der Waals surface area contributed by atoms with Crippen LogP contribution in [0.5, 0.6) is 0 Å². The van der Waals surface area contributed by atoms with Crippen molar-refractivity contribution >= 4 is 0 Å². The van der Waals surface area contributed by atoms with E-state index in [2.05, 4.69) is 11.8 Å². The molecule has 2 rings (SSSR count). The van der Waals surface area contributed by atoms with Crippen molar-refractivity contribution in [2.75, 3.05) is 19.6 Å². The van der Waals surface area contributed by atoms with Gasteiger partial charge in [-0.25, -0.2) is 0 Å². The van der Waals surface area contributed by atoms with Crippen molar-refractivity contribution in [3.8, 4) is 0 Å². The van der Waals surface area contributed by atoms with Gasteiger partial charge in [0.15, 0.2) is 0 Å². The number of hydrogen-bond donors (Lipinski definition) is 1. The van der Waals surface area contributed by atoms with Gasteiger partial charge in [-0.1, -0.05) is 25.5 Å². The quantitative estimate of drug-likeness (QED) is 0.913. The van der Waals surface area contributed by atoms with Gasteiger partial charge in [-0.2, -0.15) is 13.2 Å². The molecule has 0 amide bonds. The number of aliphatic hydroxyl groups is 1. The van der Waals surface area contributed by atoms with Crippen LogP contribution in [-0.2, 0) is 6.18 Å². The van der Waals surface area contributed by atoms with Gasteiger partial charge in [0.2, 0.25) is 0 Å². The van der Waals surface area contributed by atoms with E-state index in [9.17, 15) is 18.3 Å². The fourth-order valence-electron chi connectivity index (χ4n) is 2.85. The molecule has 0 saturated carbocycles. The van der Waals surface area contributed by atoms with E-state index in [4.69, 9.17) is 0 Å². The van der Waals surface area contributed by atoms with E-state index in [1.165, 1.54) is 12.5 Å². The number of likely N-dealkylation sites (tertiary alicyclic amines) is 1. The fraction of sp³-hybridized carbons (Fsp3) is 0.625. The van der Waals surface area contributed by atoms with E-state index in [1.807, 2.05) is 0 Å². The van der Waals surface area contributed by atoms with Gasteiger partial charge in [-0.3, -0.25) is 0 Å². The summed E-state index contributed by atoms with van der Waals surface area (Å²) in [6.45, 7) is 4.40. The Kier molecular flexibility index (Phi) is 5.27. The van der Waals surface area contributed by atoms with E-state index in [-0.39, 0.29) is 0 Å². The zero-order valence-corrected chi connectivity index (χ0v) is 12.2. The molecule has 0 spiro atoms. The summed E-state index contributed by atoms with van der Waals surface area (Å²) in [5.74, 6) is 0.743. The summed E-state index contributed by atoms with van der Waals surface area (Å²) in [5.41, 5.74) is -0.369. The first-order chi connectivity index (χ1) is 9.90. The molecule has 1 heterocycles. The molecule has 1 aliphatic heterocycles. The highest BCUT2D eigenvalue weighted by molar-refractivity contribution is 5.27. The Morgan fingerprint density at radius 1 is 1.29 bits per heavy atom. The molecule has 1 atom stereocenters. The Hall–Kier alpha value is -1.07. The van der Waals surface area contributed by atoms with Crippen molar-refractivity contribution in [2.24, 2.45) is 5.92 Å². The summed E-state index contributed by atoms with van der Waals surface area (Å²) in [4.78, 5) is 2.14. The number of piperidine rings is 1. The zero-order chi connectivity index (χ0) is 15.5. The third-order valence-electron chi connectivity index (χ3n) is 4.31. The predicted molar refractivity (Wildman–Crippen MR) is 75.9 cm³/mol. The summed E-state index contributed by atoms with van der Waals surface area (Å²) in [5, 5.41) is 10.2. The summed E-state index contributed by atoms with van der Waals surface area (Å²) in [6, 6.07) is 4.98. The third-order valence-corrected chi connectivity index (χ3v) is 4.31. The van der Waals surface area contributed by atoms with Crippen LogP contribution in [0.15, 0.2) is 24.3 Å². The average molecular weight is 301 g/mol. The monoisotopic (exact) mass is 301 g/mol. The van der Waals surface area contributed by atoms with E-state index < -0.39 is 17.8 Å². The van der Waals surface area contributed by atoms with Crippen molar-refractivity contribution in [1.29, 1.82) is 0 Å². The van der Waals surface area contributed by atoms with E-state index >= 15 is 0 Å². The van der Waals surface area contributed by atoms with Crippen LogP contribution in [0.2, 0.25) is 0 Å². The summed E-state index contributed by atoms with van der Waals surface area (Å²) < 4.78 is 38.0. The van der Waals surface area contributed by atoms with Gasteiger partial charge in [-0.05, 0) is 49.5 Å². The number of β-amino-alcohol motifs (C(OH)–C–C–N with tert-alkyl or cyclic N) is 1. The van der Waals surface area contributed by atoms with Gasteiger partial charge in [0, 0.05) is 6.54 Å². The van der Waals surface area contributed by atoms with E-state index in [0.29, 0.717) is 12.1 Å². The molecule has 1 unspecified atom stereocenters. The Morgan fingerprint density at radius 2 is 1.95 bits per heavy atom. The van der Waals surface area contributed by atoms with Crippen LogP contribution in [0.25, 0.3) is 0 Å². The lowest BCUT2D eigenvalue weighted by molar-refractivity contribution is -0.137. The Morgan fingerprint density at radius 3 is 2.52 bits per heavy atom. The summed E-state index contributed by atoms with van der Waals surface area (Å²) >= 11 is 0. The molecule has 5 heteroatoms. The standard InChI is InChI=1S/C16H22F3NO/c1-2-12-6-8-20(9-7-12)11-15(21)13-4-3-5-14(10-13)16(17,18)19/h3-5,10,12,15,21H,2,6-9,11H2,1H3. The topological polar surface area (TPSA) is 23.5 Å². The Labute approximate surface area is 123 Å². The molecule has 1 saturated heterocycles. The molecule has 0 aromatic heterocycles. The molecule has 0 bridgehead atoms. The highest BCUT2D eigenvalue weighted by Crippen LogP contribution is 2.31. The number of hydrogen-bond acceptors (Lipinski definition) is 2. The van der Waals surface area contributed by atoms with Crippen LogP contribution < -0.4 is 0 Å². The van der Waals surface area contributed by atoms with Crippen LogP contribution >= 0.6 is 0 Å². The summed E-state index contributed by atoms with van der Waals surface area (Å²) in [6.07, 6.45) is -1.86. The van der Waals surface area contributed by atoms with Crippen molar-refractivity contribution in [3.63, 3.8) is 0 Å². The van der Waals surface area contributed by atoms with Gasteiger partial charge in [0.25, 0.3) is 0 Å². The minimum absolute atomic E-state index is 0.336. The van der Waals surface area contributed by atoms with Crippen LogP contribution in [-0.4, -0.2) is 29.6 Å². The molecule has 1 aliphatic rings. The number of benzene rings is 1. The molecule has 0 aliphatic carbocycles. The maximum atomic E-state index is 12.7. The van der Waals surface area contributed by atoms with E-state index in [0.717, 1.165) is 44.0 Å². The lowest BCUT2D eigenvalue weighted by Gasteiger charge is -2.32. The van der Waals surface area contributed by atoms with E-state index in [1.54, 1.807) is 6.07 Å². The van der Waals surface area contributed by atoms with Crippen molar-refractivity contribution < 1.29 is 18.3 Å². The maximum absolute atomic E-state index is 12.7. The second-order valence-electron chi connectivity index (χ2n) is 5.79. The molecule has 118 valence electrons. The van der Waals surface area contributed by atoms with Gasteiger partial charge < -0.3 is 10.0 Å². The van der Waals surface area contributed by atoms with Crippen LogP contribution in [0.3, 0.4) is 0 Å². The minimum atomic E-state index is -4.37. The predicted octanol–water partition coefficient (Wildman–Crippen LogP) is 3.86. The first kappa shape index (κ1) is 16.3. The lowest BCUT2D eigenvalue weighted by atomic mass is 9.94. The second kappa shape index (κ2) is 6.79. The number of rotatable bonds is 4. The largest absolute Gasteiger partial charge is 0.416 e. The van der Waals surface area contributed by atoms with Crippen LogP contribution in [0, 0.1) is 5.92 Å². The average Bonchev–Trinajstić information content (AvgIpc) is 2.47. The van der Waals surface area contributed by atoms with Crippen molar-refractivity contribution in [1.82, 2.24) is 4.90 Å². The van der Waals surface area contributed by atoms with Gasteiger partial charge in [0.05, 0.1) is 11.7 Å². The fourth-order valence-corrected chi connectivity index (χ4v) is 2.85. The normalized spacial score (nSPS) is 19.7. The second-order valence-corrected chi connectivity index (χ2v) is 5.79. The number of nitrogens with zero attached hydrogens (tertiary/aromatic N) is 1. The van der Waals surface area contributed by atoms with Gasteiger partial charge in [-0.15, -0.1) is 0 Å². The van der Waals surface area contributed by atoms with Crippen LogP contribution in [0.4, 0.5) is 13.2 Å². The lowest BCUT2D eigenvalue weighted by Crippen LogP contribution is -2.36. The SMILES string of the molecule is CCC1CCN(CC(O)c2cccc(C(F)(F)F)c2)CC1. The first-order valence-corrected chi connectivity index (χ1v) is 7.47. The molecule has 1 aromatic carbocycles. The Balaban J connectivity index is 1.96. The molecular weight excluding hydrogens is 279 g/mol. The zero-order valence-electron chi connectivity index (χ0n) is 12.2. The van der Waals surface area contributed by atoms with Crippen molar-refractivity contribution in [2.45, 2.75) is 38.5 Å².